The third-order valence-corrected chi connectivity index (χ3v) is 6.09. The van der Waals surface area contributed by atoms with E-state index in [1.807, 2.05) is 26.0 Å². The van der Waals surface area contributed by atoms with Crippen molar-refractivity contribution in [3.05, 3.63) is 23.3 Å². The molecule has 2 atom stereocenters. The van der Waals surface area contributed by atoms with Crippen molar-refractivity contribution in [2.45, 2.75) is 45.1 Å². The largest absolute Gasteiger partial charge is 0.397 e. The lowest BCUT2D eigenvalue weighted by Gasteiger charge is -2.23. The fourth-order valence-corrected chi connectivity index (χ4v) is 5.02. The number of aryl methyl sites for hydroxylation is 2. The summed E-state index contributed by atoms with van der Waals surface area (Å²) in [5, 5.41) is 0. The van der Waals surface area contributed by atoms with Crippen LogP contribution in [0.25, 0.3) is 0 Å². The molecule has 1 saturated heterocycles. The third-order valence-electron chi connectivity index (χ3n) is 3.90. The number of nitrogens with zero attached hydrogens (tertiary/aromatic N) is 1. The Bertz CT molecular complexity index is 596. The first-order valence-corrected chi connectivity index (χ1v) is 8.06. The summed E-state index contributed by atoms with van der Waals surface area (Å²) in [4.78, 5) is 0.286. The normalized spacial score (nSPS) is 24.8. The van der Waals surface area contributed by atoms with Gasteiger partial charge < -0.3 is 5.73 Å². The lowest BCUT2D eigenvalue weighted by molar-refractivity contribution is 0.405. The predicted octanol–water partition coefficient (Wildman–Crippen LogP) is 2.30. The number of benzene rings is 1. The van der Waals surface area contributed by atoms with Gasteiger partial charge in [0.15, 0.2) is 0 Å². The Morgan fingerprint density at radius 3 is 2.32 bits per heavy atom. The fraction of sp³-hybridized carbons (Fsp3) is 0.571. The molecule has 4 nitrogen and oxygen atoms in total. The van der Waals surface area contributed by atoms with Crippen LogP contribution in [-0.2, 0) is 10.0 Å². The maximum atomic E-state index is 12.8. The topological polar surface area (TPSA) is 63.4 Å². The molecule has 2 N–H and O–H groups in total. The molecule has 0 spiro atoms. The lowest BCUT2D eigenvalue weighted by atomic mass is 10.1. The Labute approximate surface area is 115 Å². The summed E-state index contributed by atoms with van der Waals surface area (Å²) in [7, 11) is -3.50. The average Bonchev–Trinajstić information content (AvgIpc) is 2.64. The first kappa shape index (κ1) is 14.3. The summed E-state index contributed by atoms with van der Waals surface area (Å²) in [6, 6.07) is 3.72. The van der Waals surface area contributed by atoms with Gasteiger partial charge in [0.1, 0.15) is 4.90 Å². The van der Waals surface area contributed by atoms with Crippen LogP contribution in [0.1, 0.15) is 31.4 Å². The molecule has 19 heavy (non-hydrogen) atoms. The van der Waals surface area contributed by atoms with Gasteiger partial charge in [0.05, 0.1) is 5.69 Å². The highest BCUT2D eigenvalue weighted by Gasteiger charge is 2.37. The SMILES string of the molecule is Cc1ccc(C)c(S(=O)(=O)N2CC(C)CC2C)c1N. The molecule has 2 unspecified atom stereocenters. The number of sulfonamides is 1. The molecular weight excluding hydrogens is 260 g/mol. The van der Waals surface area contributed by atoms with Crippen LogP contribution in [-0.4, -0.2) is 25.3 Å². The van der Waals surface area contributed by atoms with Gasteiger partial charge in [-0.05, 0) is 44.2 Å². The minimum absolute atomic E-state index is 0.0410. The molecule has 2 rings (SSSR count). The van der Waals surface area contributed by atoms with E-state index in [0.717, 1.165) is 17.5 Å². The van der Waals surface area contributed by atoms with Gasteiger partial charge in [0.2, 0.25) is 10.0 Å². The molecule has 0 radical (unpaired) electrons. The van der Waals surface area contributed by atoms with E-state index in [9.17, 15) is 8.42 Å². The summed E-state index contributed by atoms with van der Waals surface area (Å²) in [5.74, 6) is 0.399. The van der Waals surface area contributed by atoms with Gasteiger partial charge in [-0.2, -0.15) is 4.31 Å². The molecular formula is C14H22N2O2S. The number of nitrogens with two attached hydrogens (primary N) is 1. The van der Waals surface area contributed by atoms with Crippen molar-refractivity contribution in [3.63, 3.8) is 0 Å². The van der Waals surface area contributed by atoms with Crippen molar-refractivity contribution in [3.8, 4) is 0 Å². The second-order valence-electron chi connectivity index (χ2n) is 5.71. The smallest absolute Gasteiger partial charge is 0.245 e. The maximum absolute atomic E-state index is 12.8. The van der Waals surface area contributed by atoms with Gasteiger partial charge in [-0.15, -0.1) is 0 Å². The molecule has 0 aromatic heterocycles. The molecule has 0 saturated carbocycles. The van der Waals surface area contributed by atoms with Crippen LogP contribution in [0.3, 0.4) is 0 Å². The lowest BCUT2D eigenvalue weighted by Crippen LogP contribution is -2.35. The van der Waals surface area contributed by atoms with Crippen LogP contribution in [0.2, 0.25) is 0 Å². The van der Waals surface area contributed by atoms with Crippen molar-refractivity contribution in [1.82, 2.24) is 4.31 Å². The average molecular weight is 282 g/mol. The van der Waals surface area contributed by atoms with Crippen LogP contribution in [0.5, 0.6) is 0 Å². The van der Waals surface area contributed by atoms with Crippen LogP contribution in [0.15, 0.2) is 17.0 Å². The highest BCUT2D eigenvalue weighted by Crippen LogP contribution is 2.34. The number of nitrogen functional groups attached to an aromatic ring is 1. The zero-order valence-electron chi connectivity index (χ0n) is 12.0. The molecule has 0 amide bonds. The molecule has 0 aliphatic carbocycles. The van der Waals surface area contributed by atoms with Crippen LogP contribution in [0.4, 0.5) is 5.69 Å². The van der Waals surface area contributed by atoms with Crippen molar-refractivity contribution < 1.29 is 8.42 Å². The van der Waals surface area contributed by atoms with Crippen molar-refractivity contribution in [2.24, 2.45) is 5.92 Å². The van der Waals surface area contributed by atoms with Crippen molar-refractivity contribution >= 4 is 15.7 Å². The highest BCUT2D eigenvalue weighted by atomic mass is 32.2. The summed E-state index contributed by atoms with van der Waals surface area (Å²) in [6.45, 7) is 8.26. The molecule has 1 aliphatic heterocycles. The Balaban J connectivity index is 2.55. The molecule has 1 fully saturated rings. The van der Waals surface area contributed by atoms with E-state index in [1.165, 1.54) is 0 Å². The van der Waals surface area contributed by atoms with E-state index in [2.05, 4.69) is 6.92 Å². The first-order chi connectivity index (χ1) is 8.75. The summed E-state index contributed by atoms with van der Waals surface area (Å²) in [6.07, 6.45) is 0.907. The molecule has 1 aromatic carbocycles. The third kappa shape index (κ3) is 2.37. The summed E-state index contributed by atoms with van der Waals surface area (Å²) >= 11 is 0. The van der Waals surface area contributed by atoms with E-state index < -0.39 is 10.0 Å². The van der Waals surface area contributed by atoms with Crippen LogP contribution in [0, 0.1) is 19.8 Å². The van der Waals surface area contributed by atoms with Gasteiger partial charge in [-0.1, -0.05) is 19.1 Å². The van der Waals surface area contributed by atoms with E-state index in [0.29, 0.717) is 18.2 Å². The number of hydrogen-bond donors (Lipinski definition) is 1. The van der Waals surface area contributed by atoms with Gasteiger partial charge in [-0.3, -0.25) is 0 Å². The molecule has 1 heterocycles. The van der Waals surface area contributed by atoms with Crippen molar-refractivity contribution in [1.29, 1.82) is 0 Å². The van der Waals surface area contributed by atoms with E-state index in [-0.39, 0.29) is 10.9 Å². The zero-order chi connectivity index (χ0) is 14.4. The molecule has 5 heteroatoms. The van der Waals surface area contributed by atoms with Crippen molar-refractivity contribution in [2.75, 3.05) is 12.3 Å². The number of rotatable bonds is 2. The number of hydrogen-bond acceptors (Lipinski definition) is 3. The van der Waals surface area contributed by atoms with Gasteiger partial charge in [0, 0.05) is 12.6 Å². The van der Waals surface area contributed by atoms with Crippen LogP contribution < -0.4 is 5.73 Å². The van der Waals surface area contributed by atoms with Crippen LogP contribution >= 0.6 is 0 Å². The van der Waals surface area contributed by atoms with Gasteiger partial charge in [-0.25, -0.2) is 8.42 Å². The Hall–Kier alpha value is -1.07. The first-order valence-electron chi connectivity index (χ1n) is 6.62. The molecule has 0 bridgehead atoms. The monoisotopic (exact) mass is 282 g/mol. The predicted molar refractivity (Wildman–Crippen MR) is 77.5 cm³/mol. The van der Waals surface area contributed by atoms with E-state index in [1.54, 1.807) is 11.2 Å². The Morgan fingerprint density at radius 2 is 1.79 bits per heavy atom. The van der Waals surface area contributed by atoms with Gasteiger partial charge in [0.25, 0.3) is 0 Å². The summed E-state index contributed by atoms with van der Waals surface area (Å²) < 4.78 is 27.3. The summed E-state index contributed by atoms with van der Waals surface area (Å²) in [5.41, 5.74) is 7.92. The Morgan fingerprint density at radius 1 is 1.21 bits per heavy atom. The quantitative estimate of drug-likeness (QED) is 0.847. The maximum Gasteiger partial charge on any atom is 0.245 e. The molecule has 1 aliphatic rings. The number of anilines is 1. The van der Waals surface area contributed by atoms with E-state index >= 15 is 0 Å². The second-order valence-corrected chi connectivity index (χ2v) is 7.53. The second kappa shape index (κ2) is 4.80. The van der Waals surface area contributed by atoms with Gasteiger partial charge >= 0.3 is 0 Å². The standard InChI is InChI=1S/C14H22N2O2S/c1-9-7-12(4)16(8-9)19(17,18)14-11(3)6-5-10(2)13(14)15/h5-6,9,12H,7-8,15H2,1-4H3. The molecule has 1 aromatic rings. The minimum atomic E-state index is -3.50. The Kier molecular flexibility index (Phi) is 3.62. The zero-order valence-corrected chi connectivity index (χ0v) is 12.8. The highest BCUT2D eigenvalue weighted by molar-refractivity contribution is 7.89. The fourth-order valence-electron chi connectivity index (χ4n) is 2.86. The van der Waals surface area contributed by atoms with E-state index in [4.69, 9.17) is 5.73 Å². The minimum Gasteiger partial charge on any atom is -0.397 e. The molecule has 106 valence electrons.